The summed E-state index contributed by atoms with van der Waals surface area (Å²) in [6.45, 7) is 5.29. The molecule has 2 fully saturated rings. The van der Waals surface area contributed by atoms with Crippen molar-refractivity contribution in [1.29, 1.82) is 0 Å². The van der Waals surface area contributed by atoms with Crippen LogP contribution in [0.1, 0.15) is 30.1 Å². The van der Waals surface area contributed by atoms with Gasteiger partial charge in [0.2, 0.25) is 10.0 Å². The smallest absolute Gasteiger partial charge is 0.243 e. The second kappa shape index (κ2) is 8.08. The Morgan fingerprint density at radius 2 is 1.45 bits per heavy atom. The lowest BCUT2D eigenvalue weighted by molar-refractivity contribution is 0.101. The number of ketones is 1. The fourth-order valence-electron chi connectivity index (χ4n) is 3.78. The van der Waals surface area contributed by atoms with Crippen LogP contribution in [-0.2, 0) is 10.0 Å². The molecule has 2 saturated heterocycles. The van der Waals surface area contributed by atoms with Gasteiger partial charge in [-0.05, 0) is 44.0 Å². The molecule has 0 aliphatic carbocycles. The zero-order valence-electron chi connectivity index (χ0n) is 16.5. The van der Waals surface area contributed by atoms with Crippen LogP contribution in [0.5, 0.6) is 0 Å². The summed E-state index contributed by atoms with van der Waals surface area (Å²) in [7, 11) is -3.63. The van der Waals surface area contributed by atoms with Gasteiger partial charge in [-0.3, -0.25) is 4.79 Å². The first kappa shape index (κ1) is 19.8. The number of Topliss-reactive ketones (excluding diaryl/α,β-unsaturated/α-hetero) is 1. The van der Waals surface area contributed by atoms with Gasteiger partial charge in [-0.2, -0.15) is 4.31 Å². The summed E-state index contributed by atoms with van der Waals surface area (Å²) in [5.41, 5.74) is 0.401. The number of carbonyl (C=O) groups excluding carboxylic acids is 1. The van der Waals surface area contributed by atoms with E-state index in [-0.39, 0.29) is 10.7 Å². The van der Waals surface area contributed by atoms with Gasteiger partial charge in [-0.15, -0.1) is 10.2 Å². The monoisotopic (exact) mass is 415 g/mol. The van der Waals surface area contributed by atoms with Gasteiger partial charge < -0.3 is 9.80 Å². The molecule has 0 atom stereocenters. The van der Waals surface area contributed by atoms with E-state index in [9.17, 15) is 13.2 Å². The molecule has 154 valence electrons. The second-order valence-corrected chi connectivity index (χ2v) is 9.36. The molecule has 0 saturated carbocycles. The Bertz CT molecular complexity index is 979. The molecule has 2 aliphatic heterocycles. The minimum Gasteiger partial charge on any atom is -0.355 e. The predicted octanol–water partition coefficient (Wildman–Crippen LogP) is 1.79. The topological polar surface area (TPSA) is 86.7 Å². The third-order valence-electron chi connectivity index (χ3n) is 5.51. The fourth-order valence-corrected chi connectivity index (χ4v) is 5.25. The van der Waals surface area contributed by atoms with E-state index in [2.05, 4.69) is 20.0 Å². The van der Waals surface area contributed by atoms with E-state index in [0.29, 0.717) is 31.7 Å². The van der Waals surface area contributed by atoms with E-state index in [0.717, 1.165) is 24.7 Å². The van der Waals surface area contributed by atoms with Crippen molar-refractivity contribution in [2.24, 2.45) is 0 Å². The van der Waals surface area contributed by atoms with Gasteiger partial charge in [0.15, 0.2) is 17.4 Å². The molecule has 2 aliphatic rings. The maximum absolute atomic E-state index is 13.0. The molecule has 9 heteroatoms. The minimum absolute atomic E-state index is 0.150. The van der Waals surface area contributed by atoms with Crippen molar-refractivity contribution in [1.82, 2.24) is 14.5 Å². The summed E-state index contributed by atoms with van der Waals surface area (Å²) in [5, 5.41) is 8.70. The lowest BCUT2D eigenvalue weighted by atomic mass is 10.2. The van der Waals surface area contributed by atoms with E-state index in [1.165, 1.54) is 36.2 Å². The van der Waals surface area contributed by atoms with Crippen molar-refractivity contribution in [2.75, 3.05) is 49.1 Å². The van der Waals surface area contributed by atoms with Gasteiger partial charge in [0, 0.05) is 44.8 Å². The largest absolute Gasteiger partial charge is 0.355 e. The summed E-state index contributed by atoms with van der Waals surface area (Å²) in [6, 6.07) is 10.2. The lowest BCUT2D eigenvalue weighted by Crippen LogP contribution is -2.49. The normalized spacial score (nSPS) is 18.2. The van der Waals surface area contributed by atoms with Gasteiger partial charge in [-0.1, -0.05) is 12.1 Å². The summed E-state index contributed by atoms with van der Waals surface area (Å²) < 4.78 is 27.4. The lowest BCUT2D eigenvalue weighted by Gasteiger charge is -2.34. The zero-order valence-corrected chi connectivity index (χ0v) is 17.3. The number of anilines is 2. The number of hydrogen-bond donors (Lipinski definition) is 0. The molecule has 0 bridgehead atoms. The number of rotatable bonds is 5. The van der Waals surface area contributed by atoms with Crippen molar-refractivity contribution in [3.8, 4) is 0 Å². The van der Waals surface area contributed by atoms with E-state index in [4.69, 9.17) is 0 Å². The molecule has 0 spiro atoms. The third-order valence-corrected chi connectivity index (χ3v) is 7.40. The Morgan fingerprint density at radius 1 is 0.862 bits per heavy atom. The molecule has 0 amide bonds. The van der Waals surface area contributed by atoms with Crippen molar-refractivity contribution in [2.45, 2.75) is 24.7 Å². The highest BCUT2D eigenvalue weighted by Crippen LogP contribution is 2.22. The summed E-state index contributed by atoms with van der Waals surface area (Å²) in [5.74, 6) is 1.52. The van der Waals surface area contributed by atoms with E-state index >= 15 is 0 Å². The highest BCUT2D eigenvalue weighted by Gasteiger charge is 2.29. The van der Waals surface area contributed by atoms with E-state index in [1.54, 1.807) is 12.1 Å². The standard InChI is InChI=1S/C20H25N5O3S/c1-16(26)17-5-4-6-18(15-17)29(27,28)25-13-11-24(12-14-25)20-8-7-19(21-22-20)23-9-2-3-10-23/h4-8,15H,2-3,9-14H2,1H3. The molecular formula is C20H25N5O3S. The van der Waals surface area contributed by atoms with Crippen LogP contribution in [-0.4, -0.2) is 68.0 Å². The molecule has 3 heterocycles. The van der Waals surface area contributed by atoms with Gasteiger partial charge in [0.1, 0.15) is 0 Å². The van der Waals surface area contributed by atoms with Crippen LogP contribution in [0.15, 0.2) is 41.3 Å². The number of carbonyl (C=O) groups is 1. The van der Waals surface area contributed by atoms with Crippen molar-refractivity contribution in [3.63, 3.8) is 0 Å². The Hall–Kier alpha value is -2.52. The fraction of sp³-hybridized carbons (Fsp3) is 0.450. The molecule has 29 heavy (non-hydrogen) atoms. The first-order chi connectivity index (χ1) is 13.9. The van der Waals surface area contributed by atoms with Gasteiger partial charge >= 0.3 is 0 Å². The van der Waals surface area contributed by atoms with Crippen molar-refractivity contribution in [3.05, 3.63) is 42.0 Å². The Kier molecular flexibility index (Phi) is 5.51. The van der Waals surface area contributed by atoms with E-state index < -0.39 is 10.0 Å². The highest BCUT2D eigenvalue weighted by molar-refractivity contribution is 7.89. The van der Waals surface area contributed by atoms with E-state index in [1.807, 2.05) is 12.1 Å². The quantitative estimate of drug-likeness (QED) is 0.688. The number of sulfonamides is 1. The molecule has 0 N–H and O–H groups in total. The van der Waals surface area contributed by atoms with Gasteiger partial charge in [-0.25, -0.2) is 8.42 Å². The van der Waals surface area contributed by atoms with Crippen molar-refractivity contribution >= 4 is 27.4 Å². The van der Waals surface area contributed by atoms with Gasteiger partial charge in [0.05, 0.1) is 4.90 Å². The molecule has 4 rings (SSSR count). The molecule has 8 nitrogen and oxygen atoms in total. The number of aromatic nitrogens is 2. The molecule has 1 aromatic carbocycles. The zero-order chi connectivity index (χ0) is 20.4. The van der Waals surface area contributed by atoms with Crippen LogP contribution < -0.4 is 9.80 Å². The Morgan fingerprint density at radius 3 is 2.00 bits per heavy atom. The SMILES string of the molecule is CC(=O)c1cccc(S(=O)(=O)N2CCN(c3ccc(N4CCCC4)nn3)CC2)c1. The summed E-state index contributed by atoms with van der Waals surface area (Å²) >= 11 is 0. The maximum Gasteiger partial charge on any atom is 0.243 e. The number of nitrogens with zero attached hydrogens (tertiary/aromatic N) is 5. The average Bonchev–Trinajstić information content (AvgIpc) is 3.29. The maximum atomic E-state index is 13.0. The average molecular weight is 416 g/mol. The molecule has 0 unspecified atom stereocenters. The highest BCUT2D eigenvalue weighted by atomic mass is 32.2. The summed E-state index contributed by atoms with van der Waals surface area (Å²) in [4.78, 5) is 16.0. The van der Waals surface area contributed by atoms with Crippen LogP contribution in [0, 0.1) is 0 Å². The van der Waals surface area contributed by atoms with Crippen LogP contribution in [0.3, 0.4) is 0 Å². The first-order valence-electron chi connectivity index (χ1n) is 9.90. The minimum atomic E-state index is -3.63. The molecular weight excluding hydrogens is 390 g/mol. The number of hydrogen-bond acceptors (Lipinski definition) is 7. The van der Waals surface area contributed by atoms with Crippen LogP contribution in [0.25, 0.3) is 0 Å². The Labute approximate surface area is 171 Å². The molecule has 2 aromatic rings. The number of benzene rings is 1. The predicted molar refractivity (Wildman–Crippen MR) is 111 cm³/mol. The Balaban J connectivity index is 1.42. The second-order valence-electron chi connectivity index (χ2n) is 7.42. The summed E-state index contributed by atoms with van der Waals surface area (Å²) in [6.07, 6.45) is 2.38. The molecule has 0 radical (unpaired) electrons. The van der Waals surface area contributed by atoms with Crippen LogP contribution in [0.4, 0.5) is 11.6 Å². The third kappa shape index (κ3) is 4.11. The number of piperazine rings is 1. The van der Waals surface area contributed by atoms with Crippen LogP contribution >= 0.6 is 0 Å². The van der Waals surface area contributed by atoms with Gasteiger partial charge in [0.25, 0.3) is 0 Å². The first-order valence-corrected chi connectivity index (χ1v) is 11.3. The van der Waals surface area contributed by atoms with Crippen LogP contribution in [0.2, 0.25) is 0 Å². The van der Waals surface area contributed by atoms with Crippen molar-refractivity contribution < 1.29 is 13.2 Å². The molecule has 1 aromatic heterocycles.